The van der Waals surface area contributed by atoms with E-state index in [1.165, 1.54) is 6.07 Å². The largest absolute Gasteiger partial charge is 0.327 e. The predicted molar refractivity (Wildman–Crippen MR) is 115 cm³/mol. The van der Waals surface area contributed by atoms with E-state index in [0.29, 0.717) is 31.5 Å². The van der Waals surface area contributed by atoms with Gasteiger partial charge in [-0.1, -0.05) is 24.3 Å². The van der Waals surface area contributed by atoms with Gasteiger partial charge in [-0.3, -0.25) is 19.7 Å². The van der Waals surface area contributed by atoms with Gasteiger partial charge in [0.2, 0.25) is 5.91 Å². The third kappa shape index (κ3) is 5.21. The fourth-order valence-electron chi connectivity index (χ4n) is 3.75. The summed E-state index contributed by atoms with van der Waals surface area (Å²) in [6, 6.07) is 12.5. The van der Waals surface area contributed by atoms with Crippen LogP contribution in [0.25, 0.3) is 0 Å². The molecule has 30 heavy (non-hydrogen) atoms. The molecule has 0 unspecified atom stereocenters. The summed E-state index contributed by atoms with van der Waals surface area (Å²) >= 11 is 0. The van der Waals surface area contributed by atoms with Crippen molar-refractivity contribution < 1.29 is 19.4 Å². The second-order valence-corrected chi connectivity index (χ2v) is 7.76. The highest BCUT2D eigenvalue weighted by Crippen LogP contribution is 2.30. The van der Waals surface area contributed by atoms with Crippen LogP contribution >= 0.6 is 0 Å². The van der Waals surface area contributed by atoms with Gasteiger partial charge in [0.05, 0.1) is 18.0 Å². The van der Waals surface area contributed by atoms with Crippen LogP contribution in [0.1, 0.15) is 24.0 Å². The number of nitro benzene ring substituents is 1. The summed E-state index contributed by atoms with van der Waals surface area (Å²) in [4.78, 5) is 36.9. The second kappa shape index (κ2) is 9.49. The Balaban J connectivity index is 1.53. The lowest BCUT2D eigenvalue weighted by atomic mass is 9.95. The number of aryl methyl sites for hydroxylation is 1. The Bertz CT molecular complexity index is 938. The van der Waals surface area contributed by atoms with E-state index in [0.717, 1.165) is 16.2 Å². The van der Waals surface area contributed by atoms with E-state index in [2.05, 4.69) is 10.6 Å². The van der Waals surface area contributed by atoms with Gasteiger partial charge in [-0.15, -0.1) is 0 Å². The number of amides is 2. The molecule has 0 spiro atoms. The number of para-hydroxylation sites is 1. The maximum Gasteiger partial charge on any atom is 0.293 e. The average Bonchev–Trinajstić information content (AvgIpc) is 2.72. The number of carbonyl (C=O) groups is 2. The van der Waals surface area contributed by atoms with Crippen LogP contribution in [0.4, 0.5) is 17.1 Å². The SMILES string of the molecule is Cc1ccc([N+](=O)[O-])c(NC(=O)C[NH+]2CCC(C(=O)Nc3ccccc3)CC2)c1C. The Kier molecular flexibility index (Phi) is 6.79. The molecule has 8 nitrogen and oxygen atoms in total. The summed E-state index contributed by atoms with van der Waals surface area (Å²) in [5, 5.41) is 17.0. The number of carbonyl (C=O) groups excluding carboxylic acids is 2. The molecule has 1 aliphatic rings. The molecule has 0 atom stereocenters. The molecular weight excluding hydrogens is 384 g/mol. The molecule has 1 aliphatic heterocycles. The molecule has 8 heteroatoms. The maximum atomic E-state index is 12.5. The first kappa shape index (κ1) is 21.4. The number of likely N-dealkylation sites (tertiary alicyclic amines) is 1. The maximum absolute atomic E-state index is 12.5. The third-order valence-electron chi connectivity index (χ3n) is 5.69. The number of hydrogen-bond acceptors (Lipinski definition) is 4. The van der Waals surface area contributed by atoms with Crippen LogP contribution < -0.4 is 15.5 Å². The van der Waals surface area contributed by atoms with Crippen LogP contribution in [-0.2, 0) is 9.59 Å². The molecule has 0 aromatic heterocycles. The monoisotopic (exact) mass is 411 g/mol. The second-order valence-electron chi connectivity index (χ2n) is 7.76. The number of rotatable bonds is 6. The van der Waals surface area contributed by atoms with Crippen molar-refractivity contribution in [3.05, 3.63) is 63.7 Å². The molecule has 158 valence electrons. The molecule has 1 fully saturated rings. The van der Waals surface area contributed by atoms with E-state index < -0.39 is 4.92 Å². The van der Waals surface area contributed by atoms with Gasteiger partial charge in [-0.05, 0) is 37.1 Å². The summed E-state index contributed by atoms with van der Waals surface area (Å²) < 4.78 is 0. The summed E-state index contributed by atoms with van der Waals surface area (Å²) in [6.45, 7) is 5.24. The Morgan fingerprint density at radius 2 is 1.73 bits per heavy atom. The van der Waals surface area contributed by atoms with Crippen LogP contribution in [0.5, 0.6) is 0 Å². The lowest BCUT2D eigenvalue weighted by molar-refractivity contribution is -0.897. The van der Waals surface area contributed by atoms with Crippen molar-refractivity contribution in [2.45, 2.75) is 26.7 Å². The molecule has 0 aliphatic carbocycles. The third-order valence-corrected chi connectivity index (χ3v) is 5.69. The lowest BCUT2D eigenvalue weighted by Crippen LogP contribution is -3.14. The van der Waals surface area contributed by atoms with E-state index in [9.17, 15) is 19.7 Å². The van der Waals surface area contributed by atoms with Gasteiger partial charge >= 0.3 is 0 Å². The first-order chi connectivity index (χ1) is 14.3. The van der Waals surface area contributed by atoms with Gasteiger partial charge in [0.25, 0.3) is 11.6 Å². The lowest BCUT2D eigenvalue weighted by Gasteiger charge is -2.28. The van der Waals surface area contributed by atoms with Crippen LogP contribution in [0.2, 0.25) is 0 Å². The first-order valence-electron chi connectivity index (χ1n) is 10.1. The van der Waals surface area contributed by atoms with Crippen molar-refractivity contribution in [3.8, 4) is 0 Å². The number of benzene rings is 2. The molecule has 3 N–H and O–H groups in total. The number of quaternary nitrogens is 1. The molecule has 2 aromatic carbocycles. The van der Waals surface area contributed by atoms with Crippen molar-refractivity contribution in [2.75, 3.05) is 30.3 Å². The predicted octanol–water partition coefficient (Wildman–Crippen LogP) is 2.08. The molecule has 1 heterocycles. The van der Waals surface area contributed by atoms with E-state index in [-0.39, 0.29) is 35.7 Å². The van der Waals surface area contributed by atoms with Gasteiger partial charge in [0, 0.05) is 30.5 Å². The molecule has 2 amide bonds. The van der Waals surface area contributed by atoms with Crippen molar-refractivity contribution in [3.63, 3.8) is 0 Å². The first-order valence-corrected chi connectivity index (χ1v) is 10.1. The van der Waals surface area contributed by atoms with Crippen LogP contribution in [-0.4, -0.2) is 36.4 Å². The van der Waals surface area contributed by atoms with E-state index >= 15 is 0 Å². The average molecular weight is 411 g/mol. The van der Waals surface area contributed by atoms with Gasteiger partial charge in [-0.2, -0.15) is 0 Å². The van der Waals surface area contributed by atoms with Crippen molar-refractivity contribution >= 4 is 28.9 Å². The number of hydrogen-bond donors (Lipinski definition) is 3. The molecule has 0 bridgehead atoms. The summed E-state index contributed by atoms with van der Waals surface area (Å²) in [5.74, 6) is -0.318. The topological polar surface area (TPSA) is 106 Å². The normalized spacial score (nSPS) is 18.5. The summed E-state index contributed by atoms with van der Waals surface area (Å²) in [6.07, 6.45) is 1.40. The minimum atomic E-state index is -0.480. The van der Waals surface area contributed by atoms with Gasteiger partial charge in [0.1, 0.15) is 5.69 Å². The zero-order chi connectivity index (χ0) is 21.7. The van der Waals surface area contributed by atoms with Gasteiger partial charge in [0.15, 0.2) is 6.54 Å². The minimum Gasteiger partial charge on any atom is -0.327 e. The summed E-state index contributed by atoms with van der Waals surface area (Å²) in [5.41, 5.74) is 2.53. The molecule has 3 rings (SSSR count). The Labute approximate surface area is 175 Å². The molecule has 0 radical (unpaired) electrons. The van der Waals surface area contributed by atoms with Crippen LogP contribution in [0.15, 0.2) is 42.5 Å². The Morgan fingerprint density at radius 3 is 2.37 bits per heavy atom. The van der Waals surface area contributed by atoms with E-state index in [4.69, 9.17) is 0 Å². The van der Waals surface area contributed by atoms with Crippen LogP contribution in [0.3, 0.4) is 0 Å². The summed E-state index contributed by atoms with van der Waals surface area (Å²) in [7, 11) is 0. The highest BCUT2D eigenvalue weighted by Gasteiger charge is 2.29. The van der Waals surface area contributed by atoms with Crippen molar-refractivity contribution in [1.82, 2.24) is 0 Å². The highest BCUT2D eigenvalue weighted by molar-refractivity contribution is 5.95. The quantitative estimate of drug-likeness (QED) is 0.500. The standard InChI is InChI=1S/C22H26N4O4/c1-15-8-9-19(26(29)30)21(16(15)2)24-20(27)14-25-12-10-17(11-13-25)22(28)23-18-6-4-3-5-7-18/h3-9,17H,10-14H2,1-2H3,(H,23,28)(H,24,27)/p+1. The molecule has 1 saturated heterocycles. The minimum absolute atomic E-state index is 0.00992. The molecule has 2 aromatic rings. The van der Waals surface area contributed by atoms with Crippen molar-refractivity contribution in [1.29, 1.82) is 0 Å². The highest BCUT2D eigenvalue weighted by atomic mass is 16.6. The fraction of sp³-hybridized carbons (Fsp3) is 0.364. The van der Waals surface area contributed by atoms with E-state index in [1.54, 1.807) is 13.0 Å². The molecular formula is C22H27N4O4+. The number of piperidine rings is 1. The van der Waals surface area contributed by atoms with Crippen molar-refractivity contribution in [2.24, 2.45) is 5.92 Å². The zero-order valence-corrected chi connectivity index (χ0v) is 17.2. The Morgan fingerprint density at radius 1 is 1.07 bits per heavy atom. The number of nitrogens with zero attached hydrogens (tertiary/aromatic N) is 1. The smallest absolute Gasteiger partial charge is 0.293 e. The van der Waals surface area contributed by atoms with E-state index in [1.807, 2.05) is 37.3 Å². The van der Waals surface area contributed by atoms with Gasteiger partial charge < -0.3 is 15.5 Å². The van der Waals surface area contributed by atoms with Crippen LogP contribution in [0, 0.1) is 29.9 Å². The number of nitrogens with one attached hydrogen (secondary N) is 3. The number of anilines is 2. The van der Waals surface area contributed by atoms with Gasteiger partial charge in [-0.25, -0.2) is 0 Å². The fourth-order valence-corrected chi connectivity index (χ4v) is 3.75. The number of nitro groups is 1. The Hall–Kier alpha value is -3.26. The molecule has 0 saturated carbocycles. The zero-order valence-electron chi connectivity index (χ0n) is 17.2.